The Hall–Kier alpha value is -1.15. The Morgan fingerprint density at radius 3 is 2.76 bits per heavy atom. The van der Waals surface area contributed by atoms with E-state index in [1.54, 1.807) is 5.38 Å². The van der Waals surface area contributed by atoms with Crippen LogP contribution in [0, 0.1) is 5.92 Å². The molecule has 0 spiro atoms. The molecule has 4 nitrogen and oxygen atoms in total. The van der Waals surface area contributed by atoms with Crippen molar-refractivity contribution in [3.63, 3.8) is 0 Å². The summed E-state index contributed by atoms with van der Waals surface area (Å²) in [6.45, 7) is 0. The average Bonchev–Trinajstić information content (AvgIpc) is 2.86. The highest BCUT2D eigenvalue weighted by atomic mass is 32.2. The number of carbonyl (C=O) groups is 2. The number of nitrogens with one attached hydrogen (secondary N) is 1. The third-order valence-corrected chi connectivity index (χ3v) is 5.31. The molecule has 1 heterocycles. The van der Waals surface area contributed by atoms with Gasteiger partial charge in [0.2, 0.25) is 5.91 Å². The van der Waals surface area contributed by atoms with Crippen LogP contribution in [0.1, 0.15) is 35.4 Å². The van der Waals surface area contributed by atoms with Crippen LogP contribution in [-0.4, -0.2) is 23.6 Å². The van der Waals surface area contributed by atoms with Crippen LogP contribution in [0.25, 0.3) is 0 Å². The minimum absolute atomic E-state index is 0.258. The van der Waals surface area contributed by atoms with Gasteiger partial charge in [-0.2, -0.15) is 8.78 Å². The van der Waals surface area contributed by atoms with Crippen molar-refractivity contribution in [2.24, 2.45) is 11.7 Å². The molecule has 3 N–H and O–H groups in total. The lowest BCUT2D eigenvalue weighted by molar-refractivity contribution is -0.123. The second kappa shape index (κ2) is 7.22. The number of carbonyl (C=O) groups excluding carboxylic acids is 2. The van der Waals surface area contributed by atoms with Crippen LogP contribution in [0.2, 0.25) is 0 Å². The summed E-state index contributed by atoms with van der Waals surface area (Å²) < 4.78 is 24.9. The fourth-order valence-corrected chi connectivity index (χ4v) is 4.13. The van der Waals surface area contributed by atoms with Crippen molar-refractivity contribution in [3.8, 4) is 0 Å². The minimum atomic E-state index is -2.57. The van der Waals surface area contributed by atoms with Crippen LogP contribution >= 0.6 is 23.1 Å². The van der Waals surface area contributed by atoms with Crippen LogP contribution in [0.5, 0.6) is 0 Å². The average molecular weight is 334 g/mol. The number of rotatable bonds is 5. The van der Waals surface area contributed by atoms with E-state index in [4.69, 9.17) is 5.73 Å². The third-order valence-electron chi connectivity index (χ3n) is 3.50. The number of hydrogen-bond donors (Lipinski definition) is 2. The van der Waals surface area contributed by atoms with Crippen molar-refractivity contribution in [1.82, 2.24) is 5.32 Å². The first-order valence-electron chi connectivity index (χ1n) is 6.61. The van der Waals surface area contributed by atoms with Crippen molar-refractivity contribution in [2.75, 3.05) is 0 Å². The molecular weight excluding hydrogens is 318 g/mol. The first-order chi connectivity index (χ1) is 9.99. The monoisotopic (exact) mass is 334 g/mol. The van der Waals surface area contributed by atoms with Crippen LogP contribution in [0.3, 0.4) is 0 Å². The first-order valence-corrected chi connectivity index (χ1v) is 8.37. The summed E-state index contributed by atoms with van der Waals surface area (Å²) in [7, 11) is 0. The summed E-state index contributed by atoms with van der Waals surface area (Å²) in [4.78, 5) is 24.2. The zero-order valence-electron chi connectivity index (χ0n) is 11.2. The van der Waals surface area contributed by atoms with E-state index in [0.29, 0.717) is 24.6 Å². The number of amides is 2. The maximum atomic E-state index is 12.4. The van der Waals surface area contributed by atoms with Crippen molar-refractivity contribution >= 4 is 34.9 Å². The smallest absolute Gasteiger partial charge is 0.288 e. The number of primary amides is 1. The van der Waals surface area contributed by atoms with Gasteiger partial charge in [0.15, 0.2) is 0 Å². The van der Waals surface area contributed by atoms with Crippen molar-refractivity contribution in [1.29, 1.82) is 0 Å². The Kier molecular flexibility index (Phi) is 5.58. The number of nitrogens with two attached hydrogens (primary N) is 1. The molecule has 0 bridgehead atoms. The number of thioether (sulfide) groups is 1. The Morgan fingerprint density at radius 2 is 2.10 bits per heavy atom. The van der Waals surface area contributed by atoms with Gasteiger partial charge in [0.25, 0.3) is 11.7 Å². The number of alkyl halides is 2. The molecule has 21 heavy (non-hydrogen) atoms. The molecule has 2 rings (SSSR count). The predicted octanol–water partition coefficient (Wildman–Crippen LogP) is 2.84. The minimum Gasteiger partial charge on any atom is -0.369 e. The van der Waals surface area contributed by atoms with Gasteiger partial charge in [0.05, 0.1) is 5.92 Å². The quantitative estimate of drug-likeness (QED) is 0.813. The highest BCUT2D eigenvalue weighted by Gasteiger charge is 2.31. The molecule has 8 heteroatoms. The largest absolute Gasteiger partial charge is 0.369 e. The van der Waals surface area contributed by atoms with Crippen LogP contribution in [0.4, 0.5) is 8.78 Å². The normalized spacial score (nSPS) is 22.2. The molecule has 1 aliphatic carbocycles. The molecule has 1 fully saturated rings. The van der Waals surface area contributed by atoms with Gasteiger partial charge in [0, 0.05) is 10.9 Å². The first kappa shape index (κ1) is 16.2. The lowest BCUT2D eigenvalue weighted by Crippen LogP contribution is -2.47. The zero-order chi connectivity index (χ0) is 15.4. The molecule has 1 saturated carbocycles. The van der Waals surface area contributed by atoms with Gasteiger partial charge in [-0.1, -0.05) is 24.6 Å². The second-order valence-corrected chi connectivity index (χ2v) is 6.81. The molecule has 1 aromatic heterocycles. The lowest BCUT2D eigenvalue weighted by atomic mass is 9.84. The molecular formula is C13H16F2N2O2S2. The number of halogens is 2. The van der Waals surface area contributed by atoms with Crippen molar-refractivity contribution in [2.45, 2.75) is 42.4 Å². The summed E-state index contributed by atoms with van der Waals surface area (Å²) in [5.41, 5.74) is 5.36. The molecule has 1 aromatic rings. The summed E-state index contributed by atoms with van der Waals surface area (Å²) in [5.74, 6) is -3.78. The van der Waals surface area contributed by atoms with Gasteiger partial charge in [-0.25, -0.2) is 0 Å². The van der Waals surface area contributed by atoms with E-state index in [2.05, 4.69) is 5.32 Å². The molecule has 0 aromatic carbocycles. The summed E-state index contributed by atoms with van der Waals surface area (Å²) >= 11 is 1.47. The maximum absolute atomic E-state index is 12.4. The Balaban J connectivity index is 2.06. The molecule has 116 valence electrons. The summed E-state index contributed by atoms with van der Waals surface area (Å²) in [6, 6.07) is 1.19. The maximum Gasteiger partial charge on any atom is 0.288 e. The number of thiophene rings is 1. The highest BCUT2D eigenvalue weighted by Crippen LogP contribution is 2.32. The highest BCUT2D eigenvalue weighted by molar-refractivity contribution is 7.99. The zero-order valence-corrected chi connectivity index (χ0v) is 12.8. The summed E-state index contributed by atoms with van der Waals surface area (Å²) in [5, 5.41) is 4.38. The van der Waals surface area contributed by atoms with Gasteiger partial charge in [-0.3, -0.25) is 9.59 Å². The van der Waals surface area contributed by atoms with Crippen molar-refractivity contribution in [3.05, 3.63) is 16.3 Å². The molecule has 2 amide bonds. The van der Waals surface area contributed by atoms with E-state index >= 15 is 0 Å². The van der Waals surface area contributed by atoms with Gasteiger partial charge < -0.3 is 11.1 Å². The topological polar surface area (TPSA) is 72.2 Å². The SMILES string of the molecule is NC(=O)[C@@H]1CCCC[C@H]1NC(=O)c1sccc1SC(F)F. The molecule has 2 atom stereocenters. The van der Waals surface area contributed by atoms with Crippen LogP contribution in [-0.2, 0) is 4.79 Å². The van der Waals surface area contributed by atoms with E-state index in [1.807, 2.05) is 0 Å². The third kappa shape index (κ3) is 4.16. The fourth-order valence-electron chi connectivity index (χ4n) is 2.53. The van der Waals surface area contributed by atoms with Gasteiger partial charge >= 0.3 is 0 Å². The fraction of sp³-hybridized carbons (Fsp3) is 0.538. The van der Waals surface area contributed by atoms with Crippen molar-refractivity contribution < 1.29 is 18.4 Å². The standard InChI is InChI=1S/C13H16F2N2O2S2/c14-13(15)21-9-5-6-20-10(9)12(19)17-8-4-2-1-3-7(8)11(16)18/h5-8,13H,1-4H2,(H2,16,18)(H,17,19)/t7-,8-/m1/s1. The Labute approximate surface area is 129 Å². The molecule has 0 aliphatic heterocycles. The number of hydrogen-bond acceptors (Lipinski definition) is 4. The molecule has 0 unspecified atom stereocenters. The summed E-state index contributed by atoms with van der Waals surface area (Å²) in [6.07, 6.45) is 3.16. The van der Waals surface area contributed by atoms with Crippen LogP contribution < -0.4 is 11.1 Å². The predicted molar refractivity (Wildman–Crippen MR) is 78.6 cm³/mol. The van der Waals surface area contributed by atoms with Gasteiger partial charge in [0.1, 0.15) is 4.88 Å². The Morgan fingerprint density at radius 1 is 1.38 bits per heavy atom. The van der Waals surface area contributed by atoms with E-state index in [1.165, 1.54) is 6.07 Å². The lowest BCUT2D eigenvalue weighted by Gasteiger charge is -2.29. The van der Waals surface area contributed by atoms with E-state index in [-0.39, 0.29) is 21.7 Å². The van der Waals surface area contributed by atoms with E-state index < -0.39 is 17.6 Å². The molecule has 1 aliphatic rings. The van der Waals surface area contributed by atoms with Gasteiger partial charge in [-0.05, 0) is 24.3 Å². The Bertz CT molecular complexity index is 522. The van der Waals surface area contributed by atoms with Crippen LogP contribution in [0.15, 0.2) is 16.3 Å². The second-order valence-electron chi connectivity index (χ2n) is 4.87. The molecule has 0 saturated heterocycles. The van der Waals surface area contributed by atoms with E-state index in [9.17, 15) is 18.4 Å². The van der Waals surface area contributed by atoms with E-state index in [0.717, 1.165) is 24.2 Å². The molecule has 0 radical (unpaired) electrons. The van der Waals surface area contributed by atoms with Gasteiger partial charge in [-0.15, -0.1) is 11.3 Å².